The molecule has 0 radical (unpaired) electrons. The monoisotopic (exact) mass is 313 g/mol. The molecule has 1 heterocycles. The van der Waals surface area contributed by atoms with Crippen LogP contribution in [0.15, 0.2) is 47.8 Å². The molecule has 0 saturated heterocycles. The minimum atomic E-state index is -0.303. The second-order valence-corrected chi connectivity index (χ2v) is 4.84. The molecular weight excluding hydrogens is 294 g/mol. The lowest BCUT2D eigenvalue weighted by Crippen LogP contribution is -2.19. The maximum Gasteiger partial charge on any atom is 0.272 e. The molecule has 0 aliphatic rings. The average molecular weight is 313 g/mol. The van der Waals surface area contributed by atoms with Crippen LogP contribution in [0.1, 0.15) is 28.4 Å². The normalized spacial score (nSPS) is 11.2. The summed E-state index contributed by atoms with van der Waals surface area (Å²) in [6, 6.07) is 9.04. The third-order valence-electron chi connectivity index (χ3n) is 3.25. The van der Waals surface area contributed by atoms with Gasteiger partial charge in [0, 0.05) is 25.1 Å². The van der Waals surface area contributed by atoms with Crippen LogP contribution in [0.25, 0.3) is 0 Å². The molecule has 1 N–H and O–H groups in total. The number of aromatic nitrogens is 1. The lowest BCUT2D eigenvalue weighted by molar-refractivity contribution is 0.0954. The summed E-state index contributed by atoms with van der Waals surface area (Å²) >= 11 is 0. The number of hydrazone groups is 1. The van der Waals surface area contributed by atoms with Crippen molar-refractivity contribution in [3.63, 3.8) is 0 Å². The Balaban J connectivity index is 2.14. The molecule has 2 rings (SSSR count). The highest BCUT2D eigenvalue weighted by atomic mass is 16.5. The standard InChI is InChI=1S/C17H19N3O3/c1-12(19-20-17(21)14-5-4-8-18-10-14)13-6-7-16(23-3)15(9-13)11-22-2/h4-10H,11H2,1-3H3,(H,20,21)/b19-12-. The minimum absolute atomic E-state index is 0.303. The summed E-state index contributed by atoms with van der Waals surface area (Å²) in [5.74, 6) is 0.450. The zero-order chi connectivity index (χ0) is 16.7. The molecule has 6 nitrogen and oxygen atoms in total. The lowest BCUT2D eigenvalue weighted by atomic mass is 10.1. The second kappa shape index (κ2) is 8.05. The number of methoxy groups -OCH3 is 2. The van der Waals surface area contributed by atoms with E-state index in [-0.39, 0.29) is 5.91 Å². The van der Waals surface area contributed by atoms with Gasteiger partial charge in [-0.2, -0.15) is 5.10 Å². The fourth-order valence-corrected chi connectivity index (χ4v) is 2.03. The van der Waals surface area contributed by atoms with Crippen LogP contribution in [-0.4, -0.2) is 30.8 Å². The highest BCUT2D eigenvalue weighted by molar-refractivity contribution is 6.01. The van der Waals surface area contributed by atoms with Crippen LogP contribution < -0.4 is 10.2 Å². The second-order valence-electron chi connectivity index (χ2n) is 4.84. The van der Waals surface area contributed by atoms with Crippen molar-refractivity contribution in [2.24, 2.45) is 5.10 Å². The summed E-state index contributed by atoms with van der Waals surface area (Å²) in [7, 11) is 3.24. The van der Waals surface area contributed by atoms with Gasteiger partial charge < -0.3 is 9.47 Å². The van der Waals surface area contributed by atoms with E-state index >= 15 is 0 Å². The maximum absolute atomic E-state index is 12.0. The van der Waals surface area contributed by atoms with Crippen molar-refractivity contribution >= 4 is 11.6 Å². The summed E-state index contributed by atoms with van der Waals surface area (Å²) in [6.45, 7) is 2.26. The van der Waals surface area contributed by atoms with E-state index < -0.39 is 0 Å². The first kappa shape index (κ1) is 16.6. The molecule has 0 fully saturated rings. The van der Waals surface area contributed by atoms with Crippen LogP contribution in [0.3, 0.4) is 0 Å². The number of amides is 1. The molecule has 0 spiro atoms. The Morgan fingerprint density at radius 3 is 2.74 bits per heavy atom. The molecule has 0 aliphatic carbocycles. The van der Waals surface area contributed by atoms with Crippen molar-refractivity contribution in [2.75, 3.05) is 14.2 Å². The van der Waals surface area contributed by atoms with Crippen molar-refractivity contribution in [1.82, 2.24) is 10.4 Å². The third kappa shape index (κ3) is 4.37. The van der Waals surface area contributed by atoms with Crippen molar-refractivity contribution in [3.05, 3.63) is 59.4 Å². The minimum Gasteiger partial charge on any atom is -0.496 e. The van der Waals surface area contributed by atoms with Crippen LogP contribution in [-0.2, 0) is 11.3 Å². The topological polar surface area (TPSA) is 72.8 Å². The predicted molar refractivity (Wildman–Crippen MR) is 87.6 cm³/mol. The average Bonchev–Trinajstić information content (AvgIpc) is 2.60. The number of carbonyl (C=O) groups is 1. The zero-order valence-electron chi connectivity index (χ0n) is 13.4. The smallest absolute Gasteiger partial charge is 0.272 e. The van der Waals surface area contributed by atoms with Crippen molar-refractivity contribution in [3.8, 4) is 5.75 Å². The first-order chi connectivity index (χ1) is 11.2. The van der Waals surface area contributed by atoms with Crippen molar-refractivity contribution < 1.29 is 14.3 Å². The Kier molecular flexibility index (Phi) is 5.82. The molecule has 0 aliphatic heterocycles. The van der Waals surface area contributed by atoms with Gasteiger partial charge in [-0.25, -0.2) is 5.43 Å². The summed E-state index contributed by atoms with van der Waals surface area (Å²) in [4.78, 5) is 15.9. The molecule has 0 saturated carbocycles. The van der Waals surface area contributed by atoms with E-state index in [0.29, 0.717) is 17.9 Å². The first-order valence-corrected chi connectivity index (χ1v) is 7.06. The van der Waals surface area contributed by atoms with Gasteiger partial charge in [0.05, 0.1) is 25.0 Å². The quantitative estimate of drug-likeness (QED) is 0.656. The SMILES string of the molecule is COCc1cc(/C(C)=N\NC(=O)c2cccnc2)ccc1OC. The molecule has 2 aromatic rings. The number of hydrogen-bond acceptors (Lipinski definition) is 5. The van der Waals surface area contributed by atoms with E-state index in [2.05, 4.69) is 15.5 Å². The van der Waals surface area contributed by atoms with Gasteiger partial charge in [0.2, 0.25) is 0 Å². The number of benzene rings is 1. The van der Waals surface area contributed by atoms with E-state index in [1.165, 1.54) is 6.20 Å². The number of carbonyl (C=O) groups excluding carboxylic acids is 1. The zero-order valence-corrected chi connectivity index (χ0v) is 13.4. The number of ether oxygens (including phenoxy) is 2. The van der Waals surface area contributed by atoms with E-state index in [1.54, 1.807) is 32.5 Å². The van der Waals surface area contributed by atoms with Crippen LogP contribution in [0, 0.1) is 0 Å². The van der Waals surface area contributed by atoms with Gasteiger partial charge >= 0.3 is 0 Å². The Morgan fingerprint density at radius 2 is 2.09 bits per heavy atom. The number of pyridine rings is 1. The van der Waals surface area contributed by atoms with E-state index in [4.69, 9.17) is 9.47 Å². The summed E-state index contributed by atoms with van der Waals surface area (Å²) in [5.41, 5.74) is 5.46. The van der Waals surface area contributed by atoms with E-state index in [0.717, 1.165) is 16.9 Å². The van der Waals surface area contributed by atoms with Crippen molar-refractivity contribution in [2.45, 2.75) is 13.5 Å². The molecule has 120 valence electrons. The molecule has 0 bridgehead atoms. The van der Waals surface area contributed by atoms with Gasteiger partial charge in [0.1, 0.15) is 5.75 Å². The highest BCUT2D eigenvalue weighted by Gasteiger charge is 2.08. The van der Waals surface area contributed by atoms with Gasteiger partial charge in [-0.3, -0.25) is 9.78 Å². The van der Waals surface area contributed by atoms with Gasteiger partial charge in [0.15, 0.2) is 0 Å². The molecule has 1 amide bonds. The van der Waals surface area contributed by atoms with E-state index in [1.807, 2.05) is 25.1 Å². The van der Waals surface area contributed by atoms with E-state index in [9.17, 15) is 4.79 Å². The Labute approximate surface area is 135 Å². The molecular formula is C17H19N3O3. The fourth-order valence-electron chi connectivity index (χ4n) is 2.03. The number of rotatable bonds is 6. The van der Waals surface area contributed by atoms with Crippen LogP contribution >= 0.6 is 0 Å². The summed E-state index contributed by atoms with van der Waals surface area (Å²) in [6.07, 6.45) is 3.10. The summed E-state index contributed by atoms with van der Waals surface area (Å²) in [5, 5.41) is 4.14. The highest BCUT2D eigenvalue weighted by Crippen LogP contribution is 2.21. The van der Waals surface area contributed by atoms with Crippen LogP contribution in [0.4, 0.5) is 0 Å². The van der Waals surface area contributed by atoms with Gasteiger partial charge in [-0.05, 0) is 42.8 Å². The molecule has 0 unspecified atom stereocenters. The van der Waals surface area contributed by atoms with Gasteiger partial charge in [0.25, 0.3) is 5.91 Å². The molecule has 23 heavy (non-hydrogen) atoms. The number of nitrogens with one attached hydrogen (secondary N) is 1. The lowest BCUT2D eigenvalue weighted by Gasteiger charge is -2.10. The fraction of sp³-hybridized carbons (Fsp3) is 0.235. The molecule has 0 atom stereocenters. The third-order valence-corrected chi connectivity index (χ3v) is 3.25. The Bertz CT molecular complexity index is 699. The van der Waals surface area contributed by atoms with Crippen LogP contribution in [0.2, 0.25) is 0 Å². The molecule has 1 aromatic heterocycles. The molecule has 6 heteroatoms. The first-order valence-electron chi connectivity index (χ1n) is 7.06. The predicted octanol–water partition coefficient (Wildman–Crippen LogP) is 2.39. The van der Waals surface area contributed by atoms with Gasteiger partial charge in [-0.1, -0.05) is 0 Å². The largest absolute Gasteiger partial charge is 0.496 e. The van der Waals surface area contributed by atoms with Gasteiger partial charge in [-0.15, -0.1) is 0 Å². The Hall–Kier alpha value is -2.73. The van der Waals surface area contributed by atoms with Crippen molar-refractivity contribution in [1.29, 1.82) is 0 Å². The maximum atomic E-state index is 12.0. The summed E-state index contributed by atoms with van der Waals surface area (Å²) < 4.78 is 10.5. The Morgan fingerprint density at radius 1 is 1.26 bits per heavy atom. The molecule has 1 aromatic carbocycles. The number of hydrogen-bond donors (Lipinski definition) is 1. The number of nitrogens with zero attached hydrogens (tertiary/aromatic N) is 2. The van der Waals surface area contributed by atoms with Crippen LogP contribution in [0.5, 0.6) is 5.75 Å².